The zero-order valence-corrected chi connectivity index (χ0v) is 12.5. The smallest absolute Gasteiger partial charge is 0.169 e. The van der Waals surface area contributed by atoms with Crippen molar-refractivity contribution in [1.82, 2.24) is 15.1 Å². The number of aryl methyl sites for hydroxylation is 1. The number of aliphatic hydroxyl groups is 1. The molecule has 0 aromatic carbocycles. The van der Waals surface area contributed by atoms with Gasteiger partial charge in [-0.25, -0.2) is 0 Å². The fraction of sp³-hybridized carbons (Fsp3) is 0.643. The third kappa shape index (κ3) is 2.74. The van der Waals surface area contributed by atoms with E-state index >= 15 is 0 Å². The van der Waals surface area contributed by atoms with Gasteiger partial charge in [0.25, 0.3) is 0 Å². The third-order valence-corrected chi connectivity index (χ3v) is 3.79. The number of aromatic nitrogens is 2. The van der Waals surface area contributed by atoms with Crippen molar-refractivity contribution in [2.75, 3.05) is 32.1 Å². The number of aliphatic hydroxyl groups excluding tert-OH is 1. The molecule has 0 bridgehead atoms. The molecule has 0 radical (unpaired) electrons. The first-order chi connectivity index (χ1) is 9.43. The molecule has 0 saturated carbocycles. The van der Waals surface area contributed by atoms with E-state index in [0.29, 0.717) is 24.3 Å². The highest BCUT2D eigenvalue weighted by Crippen LogP contribution is 2.28. The summed E-state index contributed by atoms with van der Waals surface area (Å²) < 4.78 is 0. The van der Waals surface area contributed by atoms with Gasteiger partial charge in [0, 0.05) is 19.1 Å². The molecule has 6 heteroatoms. The van der Waals surface area contributed by atoms with Crippen molar-refractivity contribution in [2.24, 2.45) is 0 Å². The fourth-order valence-corrected chi connectivity index (χ4v) is 2.68. The lowest BCUT2D eigenvalue weighted by molar-refractivity contribution is 0.191. The van der Waals surface area contributed by atoms with Gasteiger partial charge in [-0.2, -0.15) is 10.4 Å². The number of hydrogen-bond acceptors (Lipinski definition) is 6. The normalized spacial score (nSPS) is 22.4. The molecule has 0 amide bonds. The molecule has 2 unspecified atom stereocenters. The molecule has 108 valence electrons. The number of hydrogen-bond donors (Lipinski definition) is 1. The SMILES string of the molecule is Cc1nnc(N2CC(O)CC2CN(C)C)c(C#N)c1C. The molecule has 2 atom stereocenters. The number of anilines is 1. The van der Waals surface area contributed by atoms with Crippen LogP contribution in [0.3, 0.4) is 0 Å². The zero-order valence-electron chi connectivity index (χ0n) is 12.5. The van der Waals surface area contributed by atoms with Crippen molar-refractivity contribution >= 4 is 5.82 Å². The third-order valence-electron chi connectivity index (χ3n) is 3.79. The topological polar surface area (TPSA) is 76.3 Å². The highest BCUT2D eigenvalue weighted by atomic mass is 16.3. The first-order valence-electron chi connectivity index (χ1n) is 6.77. The van der Waals surface area contributed by atoms with Crippen molar-refractivity contribution in [3.05, 3.63) is 16.8 Å². The molecule has 1 aliphatic heterocycles. The van der Waals surface area contributed by atoms with Crippen molar-refractivity contribution in [1.29, 1.82) is 5.26 Å². The summed E-state index contributed by atoms with van der Waals surface area (Å²) in [6, 6.07) is 2.39. The second kappa shape index (κ2) is 5.73. The summed E-state index contributed by atoms with van der Waals surface area (Å²) in [4.78, 5) is 4.10. The summed E-state index contributed by atoms with van der Waals surface area (Å²) >= 11 is 0. The summed E-state index contributed by atoms with van der Waals surface area (Å²) in [5.41, 5.74) is 2.20. The standard InChI is InChI=1S/C14H21N5O/c1-9-10(2)16-17-14(13(9)6-15)19-8-12(20)5-11(19)7-18(3)4/h11-12,20H,5,7-8H2,1-4H3. The molecule has 6 nitrogen and oxygen atoms in total. The lowest BCUT2D eigenvalue weighted by atomic mass is 10.1. The second-order valence-corrected chi connectivity index (χ2v) is 5.68. The Kier molecular flexibility index (Phi) is 4.21. The molecule has 1 N–H and O–H groups in total. The average Bonchev–Trinajstić information content (AvgIpc) is 2.72. The van der Waals surface area contributed by atoms with Gasteiger partial charge in [-0.1, -0.05) is 0 Å². The van der Waals surface area contributed by atoms with Gasteiger partial charge in [0.2, 0.25) is 0 Å². The quantitative estimate of drug-likeness (QED) is 0.864. The maximum atomic E-state index is 9.94. The molecule has 2 rings (SSSR count). The van der Waals surface area contributed by atoms with E-state index < -0.39 is 0 Å². The summed E-state index contributed by atoms with van der Waals surface area (Å²) in [6.07, 6.45) is 0.312. The Hall–Kier alpha value is -1.71. The van der Waals surface area contributed by atoms with Gasteiger partial charge in [0.15, 0.2) is 5.82 Å². The van der Waals surface area contributed by atoms with Crippen LogP contribution in [0.4, 0.5) is 5.82 Å². The average molecular weight is 275 g/mol. The second-order valence-electron chi connectivity index (χ2n) is 5.68. The number of nitrogens with zero attached hydrogens (tertiary/aromatic N) is 5. The van der Waals surface area contributed by atoms with Crippen LogP contribution in [0, 0.1) is 25.2 Å². The van der Waals surface area contributed by atoms with Crippen LogP contribution in [0.5, 0.6) is 0 Å². The van der Waals surface area contributed by atoms with Crippen LogP contribution in [0.15, 0.2) is 0 Å². The minimum absolute atomic E-state index is 0.156. The van der Waals surface area contributed by atoms with Crippen LogP contribution < -0.4 is 4.90 Å². The zero-order chi connectivity index (χ0) is 14.9. The molecule has 1 aromatic heterocycles. The van der Waals surface area contributed by atoms with E-state index in [2.05, 4.69) is 21.2 Å². The van der Waals surface area contributed by atoms with Crippen LogP contribution in [-0.2, 0) is 0 Å². The molecule has 1 aromatic rings. The van der Waals surface area contributed by atoms with Crippen molar-refractivity contribution < 1.29 is 5.11 Å². The van der Waals surface area contributed by atoms with Gasteiger partial charge in [0.1, 0.15) is 11.6 Å². The Bertz CT molecular complexity index is 537. The lowest BCUT2D eigenvalue weighted by Crippen LogP contribution is -2.38. The molecule has 0 spiro atoms. The molecule has 1 aliphatic rings. The number of nitriles is 1. The molecule has 0 aliphatic carbocycles. The van der Waals surface area contributed by atoms with Gasteiger partial charge < -0.3 is 14.9 Å². The highest BCUT2D eigenvalue weighted by molar-refractivity contribution is 5.58. The van der Waals surface area contributed by atoms with E-state index in [1.807, 2.05) is 32.8 Å². The van der Waals surface area contributed by atoms with Gasteiger partial charge >= 0.3 is 0 Å². The van der Waals surface area contributed by atoms with Gasteiger partial charge in [-0.3, -0.25) is 0 Å². The minimum Gasteiger partial charge on any atom is -0.391 e. The van der Waals surface area contributed by atoms with Crippen LogP contribution in [-0.4, -0.2) is 59.5 Å². The van der Waals surface area contributed by atoms with Crippen LogP contribution >= 0.6 is 0 Å². The van der Waals surface area contributed by atoms with Crippen LogP contribution in [0.2, 0.25) is 0 Å². The van der Waals surface area contributed by atoms with Gasteiger partial charge in [0.05, 0.1) is 11.8 Å². The summed E-state index contributed by atoms with van der Waals surface area (Å²) in [7, 11) is 4.00. The summed E-state index contributed by atoms with van der Waals surface area (Å²) in [6.45, 7) is 5.06. The fourth-order valence-electron chi connectivity index (χ4n) is 2.68. The Morgan fingerprint density at radius 3 is 2.70 bits per heavy atom. The number of rotatable bonds is 3. The summed E-state index contributed by atoms with van der Waals surface area (Å²) in [5.74, 6) is 0.596. The summed E-state index contributed by atoms with van der Waals surface area (Å²) in [5, 5.41) is 27.7. The van der Waals surface area contributed by atoms with Crippen LogP contribution in [0.25, 0.3) is 0 Å². The Morgan fingerprint density at radius 1 is 1.40 bits per heavy atom. The molecular formula is C14H21N5O. The first-order valence-corrected chi connectivity index (χ1v) is 6.77. The van der Waals surface area contributed by atoms with Gasteiger partial charge in [-0.15, -0.1) is 5.10 Å². The molecular weight excluding hydrogens is 254 g/mol. The lowest BCUT2D eigenvalue weighted by Gasteiger charge is -2.28. The van der Waals surface area contributed by atoms with Gasteiger partial charge in [-0.05, 0) is 39.9 Å². The molecule has 1 saturated heterocycles. The first kappa shape index (κ1) is 14.7. The van der Waals surface area contributed by atoms with E-state index in [1.54, 1.807) is 0 Å². The van der Waals surface area contributed by atoms with Crippen molar-refractivity contribution in [3.63, 3.8) is 0 Å². The van der Waals surface area contributed by atoms with E-state index in [1.165, 1.54) is 0 Å². The van der Waals surface area contributed by atoms with Crippen LogP contribution in [0.1, 0.15) is 23.2 Å². The predicted molar refractivity (Wildman–Crippen MR) is 76.5 cm³/mol. The largest absolute Gasteiger partial charge is 0.391 e. The minimum atomic E-state index is -0.380. The number of β-amino-alcohol motifs (C(OH)–C–C–N with tert-alkyl or cyclic N) is 1. The van der Waals surface area contributed by atoms with E-state index in [9.17, 15) is 10.4 Å². The maximum Gasteiger partial charge on any atom is 0.169 e. The Balaban J connectivity index is 2.39. The van der Waals surface area contributed by atoms with E-state index in [0.717, 1.165) is 17.8 Å². The molecule has 1 fully saturated rings. The molecule has 2 heterocycles. The predicted octanol–water partition coefficient (Wildman–Crippen LogP) is 0.466. The van der Waals surface area contributed by atoms with Crippen molar-refractivity contribution in [2.45, 2.75) is 32.4 Å². The molecule has 20 heavy (non-hydrogen) atoms. The Labute approximate surface area is 119 Å². The highest BCUT2D eigenvalue weighted by Gasteiger charge is 2.34. The Morgan fingerprint density at radius 2 is 2.10 bits per heavy atom. The van der Waals surface area contributed by atoms with E-state index in [4.69, 9.17) is 0 Å². The maximum absolute atomic E-state index is 9.94. The van der Waals surface area contributed by atoms with E-state index in [-0.39, 0.29) is 12.1 Å². The number of likely N-dealkylation sites (N-methyl/N-ethyl adjacent to an activating group) is 1. The monoisotopic (exact) mass is 275 g/mol. The van der Waals surface area contributed by atoms with Crippen molar-refractivity contribution in [3.8, 4) is 6.07 Å².